The smallest absolute Gasteiger partial charge is 0.190 e. The molecule has 4 heterocycles. The third-order valence-electron chi connectivity index (χ3n) is 5.14. The van der Waals surface area contributed by atoms with Crippen molar-refractivity contribution in [2.45, 2.75) is 25.1 Å². The average Bonchev–Trinajstić information content (AvgIpc) is 3.46. The Balaban J connectivity index is 1.37. The highest BCUT2D eigenvalue weighted by molar-refractivity contribution is 7.17. The molecule has 1 atom stereocenters. The van der Waals surface area contributed by atoms with E-state index in [0.717, 1.165) is 21.8 Å². The molecule has 3 aromatic heterocycles. The number of fused-ring (bicyclic) bond motifs is 1. The van der Waals surface area contributed by atoms with Crippen LogP contribution in [0.25, 0.3) is 10.5 Å². The second kappa shape index (κ2) is 7.86. The Morgan fingerprint density at radius 2 is 2.26 bits per heavy atom. The summed E-state index contributed by atoms with van der Waals surface area (Å²) in [5.74, 6) is 0.378. The molecule has 11 heteroatoms. The van der Waals surface area contributed by atoms with Gasteiger partial charge < -0.3 is 14.6 Å². The van der Waals surface area contributed by atoms with Crippen molar-refractivity contribution >= 4 is 27.8 Å². The number of aryl methyl sites for hydroxylation is 1. The molecule has 31 heavy (non-hydrogen) atoms. The van der Waals surface area contributed by atoms with Crippen molar-refractivity contribution in [2.24, 2.45) is 0 Å². The van der Waals surface area contributed by atoms with Gasteiger partial charge in [-0.1, -0.05) is 23.7 Å². The largest absolute Gasteiger partial charge is 0.488 e. The van der Waals surface area contributed by atoms with Crippen LogP contribution in [0.5, 0.6) is 5.75 Å². The Bertz CT molecular complexity index is 1230. The number of ether oxygens (including phenoxy) is 2. The predicted molar refractivity (Wildman–Crippen MR) is 113 cm³/mol. The van der Waals surface area contributed by atoms with Crippen molar-refractivity contribution in [3.05, 3.63) is 58.2 Å². The van der Waals surface area contributed by atoms with E-state index in [2.05, 4.69) is 15.3 Å². The number of nitrogens with zero attached hydrogens (tertiary/aromatic N) is 5. The van der Waals surface area contributed by atoms with Crippen LogP contribution in [0.1, 0.15) is 29.3 Å². The summed E-state index contributed by atoms with van der Waals surface area (Å²) in [7, 11) is 0. The zero-order valence-corrected chi connectivity index (χ0v) is 18.1. The lowest BCUT2D eigenvalue weighted by atomic mass is 10.1. The normalized spacial score (nSPS) is 16.4. The zero-order chi connectivity index (χ0) is 21.6. The Morgan fingerprint density at radius 1 is 1.42 bits per heavy atom. The molecule has 0 radical (unpaired) electrons. The van der Waals surface area contributed by atoms with Crippen molar-refractivity contribution in [1.82, 2.24) is 24.4 Å². The fraction of sp³-hybridized carbons (Fsp3) is 0.350. The van der Waals surface area contributed by atoms with Crippen LogP contribution in [0.3, 0.4) is 0 Å². The third-order valence-corrected chi connectivity index (χ3v) is 6.69. The van der Waals surface area contributed by atoms with Gasteiger partial charge in [0.25, 0.3) is 0 Å². The molecule has 1 aliphatic heterocycles. The summed E-state index contributed by atoms with van der Waals surface area (Å²) in [6, 6.07) is 5.05. The maximum atomic E-state index is 14.0. The van der Waals surface area contributed by atoms with Crippen molar-refractivity contribution in [1.29, 1.82) is 0 Å². The summed E-state index contributed by atoms with van der Waals surface area (Å²) < 4.78 is 27.8. The predicted octanol–water partition coefficient (Wildman–Crippen LogP) is 3.39. The van der Waals surface area contributed by atoms with E-state index in [0.29, 0.717) is 22.2 Å². The van der Waals surface area contributed by atoms with E-state index >= 15 is 0 Å². The first-order valence-electron chi connectivity index (χ1n) is 9.71. The van der Waals surface area contributed by atoms with Crippen LogP contribution in [0, 0.1) is 0 Å². The van der Waals surface area contributed by atoms with Crippen LogP contribution in [-0.2, 0) is 11.2 Å². The number of hydrogen-bond donors (Lipinski definition) is 1. The van der Waals surface area contributed by atoms with Gasteiger partial charge in [0.1, 0.15) is 35.3 Å². The van der Waals surface area contributed by atoms with E-state index in [9.17, 15) is 9.50 Å². The third kappa shape index (κ3) is 3.69. The van der Waals surface area contributed by atoms with E-state index < -0.39 is 11.8 Å². The Morgan fingerprint density at radius 3 is 2.97 bits per heavy atom. The van der Waals surface area contributed by atoms with Gasteiger partial charge in [0.05, 0.1) is 42.0 Å². The van der Waals surface area contributed by atoms with Crippen LogP contribution in [0.4, 0.5) is 4.39 Å². The van der Waals surface area contributed by atoms with Crippen LogP contribution < -0.4 is 4.74 Å². The van der Waals surface area contributed by atoms with Crippen LogP contribution in [0.2, 0.25) is 5.02 Å². The fourth-order valence-corrected chi connectivity index (χ4v) is 4.72. The highest BCUT2D eigenvalue weighted by atomic mass is 35.5. The van der Waals surface area contributed by atoms with Gasteiger partial charge >= 0.3 is 0 Å². The molecule has 0 amide bonds. The van der Waals surface area contributed by atoms with Crippen LogP contribution in [-0.4, -0.2) is 55.0 Å². The molecule has 0 saturated carbocycles. The number of rotatable bonds is 7. The van der Waals surface area contributed by atoms with Crippen molar-refractivity contribution in [2.75, 3.05) is 19.8 Å². The Labute approximate surface area is 185 Å². The molecular weight excluding hydrogens is 445 g/mol. The molecule has 4 aromatic rings. The maximum Gasteiger partial charge on any atom is 0.190 e. The topological polar surface area (TPSA) is 86.7 Å². The molecule has 0 spiro atoms. The second-order valence-corrected chi connectivity index (χ2v) is 8.93. The number of hydrogen-bond acceptors (Lipinski definition) is 7. The molecule has 1 saturated heterocycles. The first-order valence-corrected chi connectivity index (χ1v) is 10.9. The minimum atomic E-state index is -1.46. The molecule has 1 fully saturated rings. The number of aliphatic hydroxyl groups is 1. The average molecular weight is 464 g/mol. The number of aromatic nitrogens is 5. The maximum absolute atomic E-state index is 14.0. The van der Waals surface area contributed by atoms with Crippen molar-refractivity contribution in [3.8, 4) is 11.4 Å². The number of imidazole rings is 1. The van der Waals surface area contributed by atoms with Gasteiger partial charge in [0.15, 0.2) is 5.67 Å². The SMILES string of the molecule is CCc1sc2cncn2c1C(O)c1cn(-c2ccc(OCC3(F)COC3)c(Cl)c2)nn1. The number of thiazole rings is 1. The first-order chi connectivity index (χ1) is 15.0. The molecule has 8 nitrogen and oxygen atoms in total. The Hall–Kier alpha value is -2.53. The molecule has 0 bridgehead atoms. The van der Waals surface area contributed by atoms with Crippen molar-refractivity contribution in [3.63, 3.8) is 0 Å². The highest BCUT2D eigenvalue weighted by Crippen LogP contribution is 2.33. The lowest BCUT2D eigenvalue weighted by Crippen LogP contribution is -2.50. The quantitative estimate of drug-likeness (QED) is 0.452. The molecule has 1 aromatic carbocycles. The number of benzene rings is 1. The summed E-state index contributed by atoms with van der Waals surface area (Å²) in [5.41, 5.74) is 0.329. The minimum absolute atomic E-state index is 0.0298. The molecule has 1 aliphatic rings. The second-order valence-electron chi connectivity index (χ2n) is 7.40. The fourth-order valence-electron chi connectivity index (χ4n) is 3.42. The number of halogens is 2. The zero-order valence-electron chi connectivity index (χ0n) is 16.5. The lowest BCUT2D eigenvalue weighted by Gasteiger charge is -2.33. The van der Waals surface area contributed by atoms with Gasteiger partial charge in [0, 0.05) is 4.88 Å². The lowest BCUT2D eigenvalue weighted by molar-refractivity contribution is -0.146. The molecule has 5 rings (SSSR count). The highest BCUT2D eigenvalue weighted by Gasteiger charge is 2.40. The van der Waals surface area contributed by atoms with Crippen molar-refractivity contribution < 1.29 is 19.0 Å². The molecular formula is C20H19ClFN5O3S. The summed E-state index contributed by atoms with van der Waals surface area (Å²) in [6.07, 6.45) is 4.94. The summed E-state index contributed by atoms with van der Waals surface area (Å²) in [4.78, 5) is 6.17. The molecule has 1 N–H and O–H groups in total. The van der Waals surface area contributed by atoms with Gasteiger partial charge in [-0.25, -0.2) is 14.1 Å². The number of alkyl halides is 1. The van der Waals surface area contributed by atoms with Gasteiger partial charge in [-0.05, 0) is 24.6 Å². The van der Waals surface area contributed by atoms with Gasteiger partial charge in [-0.2, -0.15) is 0 Å². The van der Waals surface area contributed by atoms with E-state index in [4.69, 9.17) is 21.1 Å². The van der Waals surface area contributed by atoms with E-state index in [-0.39, 0.29) is 19.8 Å². The first kappa shape index (κ1) is 20.4. The van der Waals surface area contributed by atoms with Crippen LogP contribution >= 0.6 is 22.9 Å². The van der Waals surface area contributed by atoms with Gasteiger partial charge in [-0.3, -0.25) is 4.40 Å². The minimum Gasteiger partial charge on any atom is -0.488 e. The van der Waals surface area contributed by atoms with E-state index in [1.807, 2.05) is 11.3 Å². The van der Waals surface area contributed by atoms with E-state index in [1.54, 1.807) is 48.3 Å². The molecule has 162 valence electrons. The van der Waals surface area contributed by atoms with E-state index in [1.165, 1.54) is 4.68 Å². The van der Waals surface area contributed by atoms with Crippen LogP contribution in [0.15, 0.2) is 36.9 Å². The summed E-state index contributed by atoms with van der Waals surface area (Å²) in [6.45, 7) is 1.99. The summed E-state index contributed by atoms with van der Waals surface area (Å²) >= 11 is 7.91. The molecule has 1 unspecified atom stereocenters. The van der Waals surface area contributed by atoms with Gasteiger partial charge in [0.2, 0.25) is 0 Å². The monoisotopic (exact) mass is 463 g/mol. The number of aliphatic hydroxyl groups excluding tert-OH is 1. The van der Waals surface area contributed by atoms with Gasteiger partial charge in [-0.15, -0.1) is 16.4 Å². The standard InChI is InChI=1S/C20H19ClFN5O3S/c1-2-16-18(26-11-23-6-17(26)31-16)19(28)14-7-27(25-24-14)12-3-4-15(13(21)5-12)30-10-20(22)8-29-9-20/h3-7,11,19,28H,2,8-10H2,1H3. The molecule has 0 aliphatic carbocycles. The summed E-state index contributed by atoms with van der Waals surface area (Å²) in [5, 5.41) is 19.6. The Kier molecular flexibility index (Phi) is 5.17.